The van der Waals surface area contributed by atoms with E-state index in [4.69, 9.17) is 14.2 Å². The lowest BCUT2D eigenvalue weighted by atomic mass is 10.1. The largest absolute Gasteiger partial charge is 0.497 e. The van der Waals surface area contributed by atoms with Gasteiger partial charge in [0.15, 0.2) is 0 Å². The van der Waals surface area contributed by atoms with Crippen molar-refractivity contribution in [3.8, 4) is 11.5 Å². The summed E-state index contributed by atoms with van der Waals surface area (Å²) in [6.45, 7) is 6.39. The third-order valence-electron chi connectivity index (χ3n) is 4.11. The molecule has 0 bridgehead atoms. The molecule has 0 spiro atoms. The Morgan fingerprint density at radius 1 is 1.19 bits per heavy atom. The monoisotopic (exact) mass is 363 g/mol. The molecule has 0 aromatic heterocycles. The van der Waals surface area contributed by atoms with Crippen LogP contribution in [0.4, 0.5) is 0 Å². The lowest BCUT2D eigenvalue weighted by Gasteiger charge is -2.27. The smallest absolute Gasteiger partial charge is 0.307 e. The molecule has 1 unspecified atom stereocenters. The lowest BCUT2D eigenvalue weighted by Crippen LogP contribution is -2.38. The number of methoxy groups -OCH3 is 2. The summed E-state index contributed by atoms with van der Waals surface area (Å²) in [5.74, 6) is 0.871. The number of rotatable bonds is 10. The van der Waals surface area contributed by atoms with E-state index in [-0.39, 0.29) is 24.3 Å². The van der Waals surface area contributed by atoms with Crippen molar-refractivity contribution in [2.75, 3.05) is 27.4 Å². The minimum absolute atomic E-state index is 0.0220. The van der Waals surface area contributed by atoms with Gasteiger partial charge in [-0.15, -0.1) is 0 Å². The summed E-state index contributed by atoms with van der Waals surface area (Å²) in [7, 11) is 3.16. The number of carbonyl (C=O) groups is 2. The molecule has 1 aromatic rings. The Morgan fingerprint density at radius 2 is 1.92 bits per heavy atom. The van der Waals surface area contributed by atoms with Crippen LogP contribution in [0.15, 0.2) is 24.3 Å². The van der Waals surface area contributed by atoms with Crippen LogP contribution in [0.5, 0.6) is 11.5 Å². The summed E-state index contributed by atoms with van der Waals surface area (Å²) in [6, 6.07) is 5.40. The Labute approximate surface area is 155 Å². The molecule has 0 aliphatic carbocycles. The third-order valence-corrected chi connectivity index (χ3v) is 4.11. The molecular formula is C20H29NO5. The van der Waals surface area contributed by atoms with Gasteiger partial charge >= 0.3 is 5.97 Å². The number of esters is 1. The van der Waals surface area contributed by atoms with E-state index in [1.165, 1.54) is 6.08 Å². The molecule has 0 heterocycles. The van der Waals surface area contributed by atoms with E-state index < -0.39 is 0 Å². The van der Waals surface area contributed by atoms with Crippen molar-refractivity contribution in [3.05, 3.63) is 29.8 Å². The van der Waals surface area contributed by atoms with Gasteiger partial charge in [0.25, 0.3) is 0 Å². The predicted octanol–water partition coefficient (Wildman–Crippen LogP) is 3.30. The first-order chi connectivity index (χ1) is 12.5. The average Bonchev–Trinajstić information content (AvgIpc) is 2.65. The van der Waals surface area contributed by atoms with Crippen LogP contribution in [0.2, 0.25) is 0 Å². The maximum atomic E-state index is 12.7. The molecule has 1 rings (SSSR count). The zero-order chi connectivity index (χ0) is 19.5. The highest BCUT2D eigenvalue weighted by Gasteiger charge is 2.18. The summed E-state index contributed by atoms with van der Waals surface area (Å²) < 4.78 is 15.5. The number of amides is 1. The highest BCUT2D eigenvalue weighted by Crippen LogP contribution is 2.25. The van der Waals surface area contributed by atoms with Gasteiger partial charge < -0.3 is 19.1 Å². The van der Waals surface area contributed by atoms with E-state index in [0.29, 0.717) is 24.7 Å². The molecule has 1 aromatic carbocycles. The van der Waals surface area contributed by atoms with Crippen LogP contribution in [-0.2, 0) is 14.3 Å². The second kappa shape index (κ2) is 11.2. The van der Waals surface area contributed by atoms with Crippen LogP contribution < -0.4 is 9.47 Å². The van der Waals surface area contributed by atoms with Crippen molar-refractivity contribution >= 4 is 18.0 Å². The Morgan fingerprint density at radius 3 is 2.50 bits per heavy atom. The van der Waals surface area contributed by atoms with Crippen molar-refractivity contribution < 1.29 is 23.8 Å². The van der Waals surface area contributed by atoms with Gasteiger partial charge in [-0.3, -0.25) is 9.59 Å². The molecule has 0 aliphatic rings. The highest BCUT2D eigenvalue weighted by molar-refractivity contribution is 5.92. The summed E-state index contributed by atoms with van der Waals surface area (Å²) in [4.78, 5) is 25.9. The van der Waals surface area contributed by atoms with Crippen molar-refractivity contribution in [1.82, 2.24) is 4.90 Å². The zero-order valence-corrected chi connectivity index (χ0v) is 16.3. The molecular weight excluding hydrogens is 334 g/mol. The minimum atomic E-state index is -0.299. The van der Waals surface area contributed by atoms with Crippen molar-refractivity contribution in [2.45, 2.75) is 39.7 Å². The van der Waals surface area contributed by atoms with Crippen LogP contribution in [0.25, 0.3) is 6.08 Å². The summed E-state index contributed by atoms with van der Waals surface area (Å²) in [5, 5.41) is 0. The molecule has 0 radical (unpaired) electrons. The van der Waals surface area contributed by atoms with Gasteiger partial charge in [-0.25, -0.2) is 0 Å². The second-order valence-electron chi connectivity index (χ2n) is 5.79. The topological polar surface area (TPSA) is 65.1 Å². The number of hydrogen-bond acceptors (Lipinski definition) is 5. The number of carbonyl (C=O) groups excluding carboxylic acids is 2. The Hall–Kier alpha value is -2.50. The molecule has 1 atom stereocenters. The predicted molar refractivity (Wildman–Crippen MR) is 101 cm³/mol. The molecule has 0 saturated carbocycles. The number of nitrogens with zero attached hydrogens (tertiary/aromatic N) is 1. The van der Waals surface area contributed by atoms with Gasteiger partial charge in [-0.2, -0.15) is 0 Å². The van der Waals surface area contributed by atoms with Gasteiger partial charge in [0, 0.05) is 24.2 Å². The van der Waals surface area contributed by atoms with Gasteiger partial charge in [0.2, 0.25) is 5.91 Å². The average molecular weight is 363 g/mol. The molecule has 26 heavy (non-hydrogen) atoms. The number of ether oxygens (including phenoxy) is 3. The van der Waals surface area contributed by atoms with E-state index in [9.17, 15) is 9.59 Å². The van der Waals surface area contributed by atoms with Gasteiger partial charge in [0.1, 0.15) is 11.5 Å². The third kappa shape index (κ3) is 6.43. The normalized spacial score (nSPS) is 11.9. The second-order valence-corrected chi connectivity index (χ2v) is 5.79. The van der Waals surface area contributed by atoms with Gasteiger partial charge in [0.05, 0.1) is 27.2 Å². The van der Waals surface area contributed by atoms with Crippen molar-refractivity contribution in [1.29, 1.82) is 0 Å². The maximum Gasteiger partial charge on any atom is 0.307 e. The summed E-state index contributed by atoms with van der Waals surface area (Å²) >= 11 is 0. The van der Waals surface area contributed by atoms with E-state index in [0.717, 1.165) is 12.0 Å². The first-order valence-electron chi connectivity index (χ1n) is 8.83. The molecule has 6 heteroatoms. The van der Waals surface area contributed by atoms with Crippen molar-refractivity contribution in [2.24, 2.45) is 0 Å². The Kier molecular flexibility index (Phi) is 9.26. The molecule has 0 aliphatic heterocycles. The summed E-state index contributed by atoms with van der Waals surface area (Å²) in [5.41, 5.74) is 0.745. The van der Waals surface area contributed by atoms with Gasteiger partial charge in [-0.1, -0.05) is 6.92 Å². The fourth-order valence-corrected chi connectivity index (χ4v) is 2.44. The summed E-state index contributed by atoms with van der Waals surface area (Å²) in [6.07, 6.45) is 4.17. The molecule has 0 fully saturated rings. The lowest BCUT2D eigenvalue weighted by molar-refractivity contribution is -0.144. The first-order valence-corrected chi connectivity index (χ1v) is 8.83. The molecule has 1 amide bonds. The van der Waals surface area contributed by atoms with Gasteiger partial charge in [-0.05, 0) is 44.5 Å². The van der Waals surface area contributed by atoms with Crippen LogP contribution in [0.3, 0.4) is 0 Å². The zero-order valence-electron chi connectivity index (χ0n) is 16.3. The van der Waals surface area contributed by atoms with Crippen LogP contribution in [0, 0.1) is 0 Å². The number of benzene rings is 1. The minimum Gasteiger partial charge on any atom is -0.497 e. The molecule has 144 valence electrons. The van der Waals surface area contributed by atoms with Crippen LogP contribution >= 0.6 is 0 Å². The van der Waals surface area contributed by atoms with E-state index in [2.05, 4.69) is 0 Å². The highest BCUT2D eigenvalue weighted by atomic mass is 16.5. The molecule has 6 nitrogen and oxygen atoms in total. The van der Waals surface area contributed by atoms with Crippen LogP contribution in [-0.4, -0.2) is 50.2 Å². The standard InChI is InChI=1S/C20H29NO5/c1-6-15(3)21(13-12-20(23)26-7-2)19(22)11-8-16-14-17(24-4)9-10-18(16)25-5/h8-11,14-15H,6-7,12-13H2,1-5H3/b11-8+. The SMILES string of the molecule is CCOC(=O)CCN(C(=O)/C=C/c1cc(OC)ccc1OC)C(C)CC. The van der Waals surface area contributed by atoms with Crippen molar-refractivity contribution in [3.63, 3.8) is 0 Å². The maximum absolute atomic E-state index is 12.7. The molecule has 0 N–H and O–H groups in total. The fourth-order valence-electron chi connectivity index (χ4n) is 2.44. The van der Waals surface area contributed by atoms with Crippen LogP contribution in [0.1, 0.15) is 39.2 Å². The number of hydrogen-bond donors (Lipinski definition) is 0. The van der Waals surface area contributed by atoms with E-state index in [1.54, 1.807) is 50.3 Å². The quantitative estimate of drug-likeness (QED) is 0.471. The van der Waals surface area contributed by atoms with E-state index >= 15 is 0 Å². The Balaban J connectivity index is 2.91. The fraction of sp³-hybridized carbons (Fsp3) is 0.500. The Bertz CT molecular complexity index is 627. The molecule has 0 saturated heterocycles. The first kappa shape index (κ1) is 21.5. The van der Waals surface area contributed by atoms with E-state index in [1.807, 2.05) is 13.8 Å².